The largest absolute Gasteiger partial charge is 0.491 e. The molecule has 0 fully saturated rings. The minimum atomic E-state index is -0.816. The van der Waals surface area contributed by atoms with Gasteiger partial charge in [-0.15, -0.1) is 0 Å². The molecule has 0 amide bonds. The van der Waals surface area contributed by atoms with Crippen molar-refractivity contribution in [1.82, 2.24) is 0 Å². The average molecular weight is 356 g/mol. The van der Waals surface area contributed by atoms with Gasteiger partial charge >= 0.3 is 0 Å². The van der Waals surface area contributed by atoms with Crippen molar-refractivity contribution in [2.45, 2.75) is 6.10 Å². The smallest absolute Gasteiger partial charge is 0.133 e. The number of nitrogens with two attached hydrogens (primary N) is 1. The van der Waals surface area contributed by atoms with E-state index >= 15 is 0 Å². The summed E-state index contributed by atoms with van der Waals surface area (Å²) in [6.07, 6.45) is -0.816. The summed E-state index contributed by atoms with van der Waals surface area (Å²) in [6.45, 7) is 0.106. The van der Waals surface area contributed by atoms with Crippen molar-refractivity contribution in [2.24, 2.45) is 0 Å². The van der Waals surface area contributed by atoms with E-state index < -0.39 is 6.10 Å². The molecule has 21 heavy (non-hydrogen) atoms. The third-order valence-corrected chi connectivity index (χ3v) is 3.25. The molecule has 0 aliphatic heterocycles. The van der Waals surface area contributed by atoms with Crippen LogP contribution in [0.2, 0.25) is 0 Å². The van der Waals surface area contributed by atoms with Crippen LogP contribution >= 0.6 is 15.9 Å². The molecule has 1 unspecified atom stereocenters. The topological polar surface area (TPSA) is 64.7 Å². The Morgan fingerprint density at radius 1 is 1.14 bits per heavy atom. The molecule has 4 nitrogen and oxygen atoms in total. The number of benzene rings is 2. The summed E-state index contributed by atoms with van der Waals surface area (Å²) in [7, 11) is 0. The second-order valence-electron chi connectivity index (χ2n) is 4.42. The van der Waals surface area contributed by atoms with Crippen molar-refractivity contribution in [3.05, 3.63) is 52.8 Å². The van der Waals surface area contributed by atoms with E-state index in [1.807, 2.05) is 0 Å². The number of hydrogen-bond acceptors (Lipinski definition) is 4. The number of halogens is 2. The van der Waals surface area contributed by atoms with Crippen LogP contribution in [-0.2, 0) is 0 Å². The lowest BCUT2D eigenvalue weighted by atomic mass is 10.3. The maximum absolute atomic E-state index is 12.9. The third-order valence-electron chi connectivity index (χ3n) is 2.63. The summed E-state index contributed by atoms with van der Waals surface area (Å²) in [5.41, 5.74) is 6.22. The summed E-state index contributed by atoms with van der Waals surface area (Å²) >= 11 is 3.19. The lowest BCUT2D eigenvalue weighted by Gasteiger charge is -2.14. The first-order valence-corrected chi connectivity index (χ1v) is 7.08. The minimum Gasteiger partial charge on any atom is -0.491 e. The van der Waals surface area contributed by atoms with Crippen LogP contribution in [0.15, 0.2) is 46.9 Å². The molecule has 0 spiro atoms. The van der Waals surface area contributed by atoms with Gasteiger partial charge in [0.05, 0.1) is 4.47 Å². The molecule has 0 saturated carbocycles. The van der Waals surface area contributed by atoms with Gasteiger partial charge in [-0.25, -0.2) is 4.39 Å². The van der Waals surface area contributed by atoms with Crippen LogP contribution in [0.1, 0.15) is 0 Å². The Labute approximate surface area is 130 Å². The quantitative estimate of drug-likeness (QED) is 0.781. The number of anilines is 1. The molecule has 0 saturated heterocycles. The Kier molecular flexibility index (Phi) is 5.41. The van der Waals surface area contributed by atoms with E-state index in [9.17, 15) is 9.50 Å². The van der Waals surface area contributed by atoms with Crippen LogP contribution in [-0.4, -0.2) is 24.4 Å². The molecule has 2 rings (SSSR count). The second kappa shape index (κ2) is 7.28. The fourth-order valence-corrected chi connectivity index (χ4v) is 2.09. The van der Waals surface area contributed by atoms with Crippen molar-refractivity contribution in [2.75, 3.05) is 18.9 Å². The summed E-state index contributed by atoms with van der Waals surface area (Å²) < 4.78 is 24.2. The third kappa shape index (κ3) is 4.91. The second-order valence-corrected chi connectivity index (χ2v) is 5.28. The van der Waals surface area contributed by atoms with Gasteiger partial charge in [0, 0.05) is 11.8 Å². The zero-order valence-electron chi connectivity index (χ0n) is 11.1. The van der Waals surface area contributed by atoms with Crippen molar-refractivity contribution in [1.29, 1.82) is 0 Å². The molecule has 0 aliphatic carbocycles. The maximum Gasteiger partial charge on any atom is 0.133 e. The highest BCUT2D eigenvalue weighted by molar-refractivity contribution is 9.10. The van der Waals surface area contributed by atoms with E-state index in [1.165, 1.54) is 18.2 Å². The number of rotatable bonds is 6. The molecule has 1 atom stereocenters. The Balaban J connectivity index is 1.80. The summed E-state index contributed by atoms with van der Waals surface area (Å²) in [6, 6.07) is 11.0. The zero-order chi connectivity index (χ0) is 15.2. The molecule has 0 heterocycles. The molecule has 6 heteroatoms. The number of ether oxygens (including phenoxy) is 2. The van der Waals surface area contributed by atoms with Crippen LogP contribution in [0.5, 0.6) is 11.5 Å². The molecule has 3 N–H and O–H groups in total. The van der Waals surface area contributed by atoms with Gasteiger partial charge in [-0.3, -0.25) is 0 Å². The molecule has 0 aliphatic rings. The summed E-state index contributed by atoms with van der Waals surface area (Å²) in [4.78, 5) is 0. The number of aliphatic hydroxyl groups is 1. The standard InChI is InChI=1S/C15H15BrFNO3/c16-14-6-10(17)4-5-15(14)21-9-12(19)8-20-13-3-1-2-11(18)7-13/h1-7,12,19H,8-9,18H2. The lowest BCUT2D eigenvalue weighted by Crippen LogP contribution is -2.25. The fourth-order valence-electron chi connectivity index (χ4n) is 1.62. The van der Waals surface area contributed by atoms with Gasteiger partial charge in [0.2, 0.25) is 0 Å². The Hall–Kier alpha value is -1.79. The van der Waals surface area contributed by atoms with Crippen molar-refractivity contribution >= 4 is 21.6 Å². The molecule has 0 radical (unpaired) electrons. The molecule has 0 bridgehead atoms. The van der Waals surface area contributed by atoms with Gasteiger partial charge in [0.15, 0.2) is 0 Å². The average Bonchev–Trinajstić information content (AvgIpc) is 2.44. The number of aliphatic hydroxyl groups excluding tert-OH is 1. The number of nitrogen functional groups attached to an aromatic ring is 1. The molecule has 112 valence electrons. The van der Waals surface area contributed by atoms with E-state index in [0.717, 1.165) is 0 Å². The highest BCUT2D eigenvalue weighted by Gasteiger charge is 2.09. The van der Waals surface area contributed by atoms with Gasteiger partial charge in [-0.2, -0.15) is 0 Å². The molecule has 2 aromatic rings. The molecular weight excluding hydrogens is 341 g/mol. The van der Waals surface area contributed by atoms with Crippen LogP contribution in [0.4, 0.5) is 10.1 Å². The highest BCUT2D eigenvalue weighted by Crippen LogP contribution is 2.25. The van der Waals surface area contributed by atoms with Gasteiger partial charge in [0.1, 0.15) is 36.6 Å². The highest BCUT2D eigenvalue weighted by atomic mass is 79.9. The molecule has 2 aromatic carbocycles. The van der Waals surface area contributed by atoms with Gasteiger partial charge in [0.25, 0.3) is 0 Å². The van der Waals surface area contributed by atoms with Crippen LogP contribution < -0.4 is 15.2 Å². The van der Waals surface area contributed by atoms with E-state index in [0.29, 0.717) is 21.7 Å². The van der Waals surface area contributed by atoms with Gasteiger partial charge < -0.3 is 20.3 Å². The first-order valence-electron chi connectivity index (χ1n) is 6.29. The maximum atomic E-state index is 12.9. The summed E-state index contributed by atoms with van der Waals surface area (Å²) in [5, 5.41) is 9.82. The SMILES string of the molecule is Nc1cccc(OCC(O)COc2ccc(F)cc2Br)c1. The van der Waals surface area contributed by atoms with Crippen LogP contribution in [0.25, 0.3) is 0 Å². The van der Waals surface area contributed by atoms with Crippen LogP contribution in [0.3, 0.4) is 0 Å². The van der Waals surface area contributed by atoms with E-state index in [4.69, 9.17) is 15.2 Å². The van der Waals surface area contributed by atoms with E-state index in [-0.39, 0.29) is 19.0 Å². The fraction of sp³-hybridized carbons (Fsp3) is 0.200. The van der Waals surface area contributed by atoms with Crippen molar-refractivity contribution in [3.63, 3.8) is 0 Å². The number of hydrogen-bond donors (Lipinski definition) is 2. The Morgan fingerprint density at radius 2 is 1.90 bits per heavy atom. The first-order chi connectivity index (χ1) is 10.0. The predicted octanol–water partition coefficient (Wildman–Crippen LogP) is 2.99. The monoisotopic (exact) mass is 355 g/mol. The Morgan fingerprint density at radius 3 is 2.62 bits per heavy atom. The van der Waals surface area contributed by atoms with Crippen LogP contribution in [0, 0.1) is 5.82 Å². The Bertz CT molecular complexity index is 609. The van der Waals surface area contributed by atoms with E-state index in [1.54, 1.807) is 24.3 Å². The minimum absolute atomic E-state index is 0.0343. The van der Waals surface area contributed by atoms with E-state index in [2.05, 4.69) is 15.9 Å². The molecule has 0 aromatic heterocycles. The van der Waals surface area contributed by atoms with Crippen molar-refractivity contribution < 1.29 is 19.0 Å². The molecular formula is C15H15BrFNO3. The zero-order valence-corrected chi connectivity index (χ0v) is 12.7. The first kappa shape index (κ1) is 15.6. The van der Waals surface area contributed by atoms with Crippen molar-refractivity contribution in [3.8, 4) is 11.5 Å². The van der Waals surface area contributed by atoms with Gasteiger partial charge in [-0.1, -0.05) is 6.07 Å². The van der Waals surface area contributed by atoms with Gasteiger partial charge in [-0.05, 0) is 46.3 Å². The predicted molar refractivity (Wildman–Crippen MR) is 82.0 cm³/mol. The normalized spacial score (nSPS) is 12.0. The summed E-state index contributed by atoms with van der Waals surface area (Å²) in [5.74, 6) is 0.677. The lowest BCUT2D eigenvalue weighted by molar-refractivity contribution is 0.0624.